The number of imidazole rings is 1. The van der Waals surface area contributed by atoms with Crippen molar-refractivity contribution in [2.75, 3.05) is 10.6 Å². The van der Waals surface area contributed by atoms with Crippen LogP contribution in [0.4, 0.5) is 16.3 Å². The summed E-state index contributed by atoms with van der Waals surface area (Å²) in [6, 6.07) is 5.31. The summed E-state index contributed by atoms with van der Waals surface area (Å²) in [4.78, 5) is 18.4. The molecule has 0 saturated carbocycles. The number of amides is 2. The SMILES string of the molecule is Cc1c2ccc(NC(=O)Nc3cnc[nH]3)cc2nn1C. The number of nitrogens with zero attached hydrogens (tertiary/aromatic N) is 3. The van der Waals surface area contributed by atoms with E-state index in [9.17, 15) is 4.79 Å². The number of hydrogen-bond donors (Lipinski definition) is 3. The number of urea groups is 1. The fourth-order valence-electron chi connectivity index (χ4n) is 2.02. The maximum absolute atomic E-state index is 11.8. The molecular weight excluding hydrogens is 256 g/mol. The van der Waals surface area contributed by atoms with E-state index in [0.717, 1.165) is 16.6 Å². The van der Waals surface area contributed by atoms with Gasteiger partial charge in [-0.3, -0.25) is 10.00 Å². The Morgan fingerprint density at radius 1 is 1.35 bits per heavy atom. The van der Waals surface area contributed by atoms with Crippen LogP contribution in [0, 0.1) is 6.92 Å². The van der Waals surface area contributed by atoms with Gasteiger partial charge in [0.1, 0.15) is 5.82 Å². The molecule has 0 bridgehead atoms. The molecule has 2 amide bonds. The number of aromatic amines is 1. The normalized spacial score (nSPS) is 10.7. The first-order valence-electron chi connectivity index (χ1n) is 6.13. The highest BCUT2D eigenvalue weighted by atomic mass is 16.2. The zero-order chi connectivity index (χ0) is 14.1. The van der Waals surface area contributed by atoms with Crippen LogP contribution in [0.5, 0.6) is 0 Å². The van der Waals surface area contributed by atoms with Gasteiger partial charge in [-0.25, -0.2) is 9.78 Å². The molecule has 0 unspecified atom stereocenters. The highest BCUT2D eigenvalue weighted by Crippen LogP contribution is 2.21. The number of aryl methyl sites for hydroxylation is 2. The van der Waals surface area contributed by atoms with Crippen molar-refractivity contribution in [3.8, 4) is 0 Å². The Kier molecular flexibility index (Phi) is 2.86. The molecule has 3 rings (SSSR count). The third-order valence-corrected chi connectivity index (χ3v) is 3.13. The van der Waals surface area contributed by atoms with Gasteiger partial charge in [0.15, 0.2) is 0 Å². The van der Waals surface area contributed by atoms with E-state index in [1.54, 1.807) is 0 Å². The van der Waals surface area contributed by atoms with Crippen molar-refractivity contribution in [2.45, 2.75) is 6.92 Å². The zero-order valence-electron chi connectivity index (χ0n) is 11.1. The third kappa shape index (κ3) is 2.20. The summed E-state index contributed by atoms with van der Waals surface area (Å²) >= 11 is 0. The summed E-state index contributed by atoms with van der Waals surface area (Å²) in [5.41, 5.74) is 2.63. The second kappa shape index (κ2) is 4.69. The Labute approximate surface area is 115 Å². The summed E-state index contributed by atoms with van der Waals surface area (Å²) in [5.74, 6) is 0.539. The monoisotopic (exact) mass is 270 g/mol. The highest BCUT2D eigenvalue weighted by molar-refractivity contribution is 6.00. The molecule has 1 aromatic carbocycles. The number of hydrogen-bond acceptors (Lipinski definition) is 3. The topological polar surface area (TPSA) is 87.6 Å². The molecule has 20 heavy (non-hydrogen) atoms. The second-order valence-corrected chi connectivity index (χ2v) is 4.49. The van der Waals surface area contributed by atoms with Crippen LogP contribution in [0.15, 0.2) is 30.7 Å². The summed E-state index contributed by atoms with van der Waals surface area (Å²) in [7, 11) is 1.90. The summed E-state index contributed by atoms with van der Waals surface area (Å²) < 4.78 is 1.82. The maximum Gasteiger partial charge on any atom is 0.324 e. The molecule has 0 aliphatic rings. The lowest BCUT2D eigenvalue weighted by Gasteiger charge is -2.05. The second-order valence-electron chi connectivity index (χ2n) is 4.49. The van der Waals surface area contributed by atoms with Crippen LogP contribution >= 0.6 is 0 Å². The predicted octanol–water partition coefficient (Wildman–Crippen LogP) is 2.25. The fourth-order valence-corrected chi connectivity index (χ4v) is 2.02. The molecule has 7 heteroatoms. The van der Waals surface area contributed by atoms with Crippen molar-refractivity contribution < 1.29 is 4.79 Å². The minimum absolute atomic E-state index is 0.332. The molecule has 2 aromatic heterocycles. The zero-order valence-corrected chi connectivity index (χ0v) is 11.1. The Bertz CT molecular complexity index is 759. The number of rotatable bonds is 2. The van der Waals surface area contributed by atoms with Gasteiger partial charge in [0.2, 0.25) is 0 Å². The van der Waals surface area contributed by atoms with Gasteiger partial charge in [-0.1, -0.05) is 0 Å². The maximum atomic E-state index is 11.8. The molecule has 3 aromatic rings. The number of H-pyrrole nitrogens is 1. The lowest BCUT2D eigenvalue weighted by Crippen LogP contribution is -2.19. The number of carbonyl (C=O) groups excluding carboxylic acids is 1. The molecule has 0 spiro atoms. The molecular formula is C13H14N6O. The van der Waals surface area contributed by atoms with Crippen LogP contribution in [-0.2, 0) is 7.05 Å². The molecule has 0 aliphatic heterocycles. The van der Waals surface area contributed by atoms with Gasteiger partial charge in [-0.05, 0) is 25.1 Å². The largest absolute Gasteiger partial charge is 0.331 e. The molecule has 0 saturated heterocycles. The van der Waals surface area contributed by atoms with E-state index >= 15 is 0 Å². The van der Waals surface area contributed by atoms with Gasteiger partial charge in [0.25, 0.3) is 0 Å². The van der Waals surface area contributed by atoms with Crippen LogP contribution in [-0.4, -0.2) is 25.8 Å². The van der Waals surface area contributed by atoms with Gasteiger partial charge in [-0.15, -0.1) is 0 Å². The minimum Gasteiger partial charge on any atom is -0.331 e. The minimum atomic E-state index is -0.332. The molecule has 0 radical (unpaired) electrons. The summed E-state index contributed by atoms with van der Waals surface area (Å²) in [6.45, 7) is 2.01. The summed E-state index contributed by atoms with van der Waals surface area (Å²) in [6.07, 6.45) is 3.03. The number of nitrogens with one attached hydrogen (secondary N) is 3. The van der Waals surface area contributed by atoms with Gasteiger partial charge in [0, 0.05) is 23.8 Å². The van der Waals surface area contributed by atoms with Crippen molar-refractivity contribution in [1.82, 2.24) is 19.7 Å². The average Bonchev–Trinajstić information content (AvgIpc) is 2.99. The van der Waals surface area contributed by atoms with Crippen LogP contribution in [0.2, 0.25) is 0 Å². The third-order valence-electron chi connectivity index (χ3n) is 3.13. The quantitative estimate of drug-likeness (QED) is 0.667. The van der Waals surface area contributed by atoms with Crippen LogP contribution in [0.1, 0.15) is 5.69 Å². The van der Waals surface area contributed by atoms with E-state index < -0.39 is 0 Å². The molecule has 0 fully saturated rings. The van der Waals surface area contributed by atoms with Crippen molar-refractivity contribution >= 4 is 28.4 Å². The van der Waals surface area contributed by atoms with Crippen LogP contribution in [0.3, 0.4) is 0 Å². The molecule has 3 N–H and O–H groups in total. The van der Waals surface area contributed by atoms with Crippen molar-refractivity contribution in [2.24, 2.45) is 7.05 Å². The number of aromatic nitrogens is 4. The van der Waals surface area contributed by atoms with Gasteiger partial charge < -0.3 is 10.3 Å². The molecule has 0 aliphatic carbocycles. The lowest BCUT2D eigenvalue weighted by atomic mass is 10.2. The fraction of sp³-hybridized carbons (Fsp3) is 0.154. The Hall–Kier alpha value is -2.83. The molecule has 7 nitrogen and oxygen atoms in total. The number of anilines is 2. The summed E-state index contributed by atoms with van der Waals surface area (Å²) in [5, 5.41) is 10.9. The van der Waals surface area contributed by atoms with E-state index in [1.165, 1.54) is 12.5 Å². The number of fused-ring (bicyclic) bond motifs is 1. The smallest absolute Gasteiger partial charge is 0.324 e. The Morgan fingerprint density at radius 2 is 2.20 bits per heavy atom. The first kappa shape index (κ1) is 12.2. The van der Waals surface area contributed by atoms with E-state index in [2.05, 4.69) is 25.7 Å². The molecule has 0 atom stereocenters. The van der Waals surface area contributed by atoms with E-state index in [1.807, 2.05) is 36.9 Å². The Balaban J connectivity index is 1.79. The van der Waals surface area contributed by atoms with Gasteiger partial charge >= 0.3 is 6.03 Å². The van der Waals surface area contributed by atoms with E-state index in [-0.39, 0.29) is 6.03 Å². The van der Waals surface area contributed by atoms with Crippen molar-refractivity contribution in [3.63, 3.8) is 0 Å². The highest BCUT2D eigenvalue weighted by Gasteiger charge is 2.07. The van der Waals surface area contributed by atoms with Crippen LogP contribution in [0.25, 0.3) is 10.9 Å². The number of benzene rings is 1. The average molecular weight is 270 g/mol. The van der Waals surface area contributed by atoms with Crippen molar-refractivity contribution in [1.29, 1.82) is 0 Å². The first-order valence-corrected chi connectivity index (χ1v) is 6.13. The molecule has 102 valence electrons. The lowest BCUT2D eigenvalue weighted by molar-refractivity contribution is 0.262. The van der Waals surface area contributed by atoms with Crippen LogP contribution < -0.4 is 10.6 Å². The first-order chi connectivity index (χ1) is 9.63. The van der Waals surface area contributed by atoms with E-state index in [4.69, 9.17) is 0 Å². The van der Waals surface area contributed by atoms with E-state index in [0.29, 0.717) is 11.5 Å². The predicted molar refractivity (Wildman–Crippen MR) is 76.7 cm³/mol. The van der Waals surface area contributed by atoms with Gasteiger partial charge in [-0.2, -0.15) is 5.10 Å². The number of carbonyl (C=O) groups is 1. The Morgan fingerprint density at radius 3 is 2.95 bits per heavy atom. The van der Waals surface area contributed by atoms with Gasteiger partial charge in [0.05, 0.1) is 18.0 Å². The molecule has 2 heterocycles. The van der Waals surface area contributed by atoms with Crippen molar-refractivity contribution in [3.05, 3.63) is 36.4 Å². The standard InChI is InChI=1S/C13H14N6O/c1-8-10-4-3-9(5-11(10)18-19(8)2)16-13(20)17-12-6-14-7-15-12/h3-7H,1-2H3,(H,14,15)(H2,16,17,20).